The predicted molar refractivity (Wildman–Crippen MR) is 121 cm³/mol. The van der Waals surface area contributed by atoms with Gasteiger partial charge in [0.15, 0.2) is 6.61 Å². The Hall–Kier alpha value is -2.54. The first-order chi connectivity index (χ1) is 14.3. The number of hydrazine groups is 1. The molecule has 0 aliphatic rings. The molecule has 0 aliphatic carbocycles. The predicted octanol–water partition coefficient (Wildman–Crippen LogP) is 4.84. The van der Waals surface area contributed by atoms with Crippen LogP contribution in [-0.2, 0) is 4.79 Å². The van der Waals surface area contributed by atoms with Crippen LogP contribution >= 0.6 is 15.9 Å². The van der Waals surface area contributed by atoms with Crippen LogP contribution in [-0.4, -0.2) is 25.0 Å². The molecule has 2 rings (SSSR count). The number of hydrogen-bond donors (Lipinski definition) is 2. The zero-order chi connectivity index (χ0) is 22.1. The Morgan fingerprint density at radius 3 is 2.30 bits per heavy atom. The molecular weight excluding hydrogens is 448 g/mol. The van der Waals surface area contributed by atoms with Crippen molar-refractivity contribution in [3.63, 3.8) is 0 Å². The Kier molecular flexibility index (Phi) is 9.17. The average molecular weight is 477 g/mol. The number of nitrogens with one attached hydrogen (secondary N) is 2. The lowest BCUT2D eigenvalue weighted by atomic mass is 10.0. The van der Waals surface area contributed by atoms with E-state index in [4.69, 9.17) is 9.47 Å². The van der Waals surface area contributed by atoms with Crippen LogP contribution in [0.25, 0.3) is 0 Å². The molecule has 2 N–H and O–H groups in total. The molecule has 2 aromatic rings. The van der Waals surface area contributed by atoms with Crippen molar-refractivity contribution in [2.45, 2.75) is 40.0 Å². The molecule has 0 spiro atoms. The molecule has 0 atom stereocenters. The van der Waals surface area contributed by atoms with Crippen LogP contribution in [0.2, 0.25) is 0 Å². The molecule has 0 bridgehead atoms. The highest BCUT2D eigenvalue weighted by atomic mass is 79.9. The minimum absolute atomic E-state index is 0.204. The van der Waals surface area contributed by atoms with Gasteiger partial charge in [-0.05, 0) is 66.3 Å². The van der Waals surface area contributed by atoms with Crippen molar-refractivity contribution in [3.8, 4) is 11.5 Å². The maximum atomic E-state index is 12.2. The van der Waals surface area contributed by atoms with Gasteiger partial charge in [-0.3, -0.25) is 20.4 Å². The second-order valence-corrected chi connectivity index (χ2v) is 8.60. The number of hydrogen-bond acceptors (Lipinski definition) is 4. The van der Waals surface area contributed by atoms with E-state index >= 15 is 0 Å². The molecule has 0 saturated carbocycles. The molecule has 0 fully saturated rings. The van der Waals surface area contributed by atoms with Crippen LogP contribution in [0.4, 0.5) is 0 Å². The molecule has 0 aliphatic heterocycles. The van der Waals surface area contributed by atoms with Crippen LogP contribution in [0.15, 0.2) is 46.9 Å². The highest BCUT2D eigenvalue weighted by Gasteiger charge is 2.12. The van der Waals surface area contributed by atoms with Gasteiger partial charge in [-0.15, -0.1) is 0 Å². The fourth-order valence-electron chi connectivity index (χ4n) is 2.59. The first-order valence-electron chi connectivity index (χ1n) is 10.0. The lowest BCUT2D eigenvalue weighted by molar-refractivity contribution is -0.123. The second-order valence-electron chi connectivity index (χ2n) is 7.68. The highest BCUT2D eigenvalue weighted by molar-refractivity contribution is 9.10. The van der Waals surface area contributed by atoms with Gasteiger partial charge in [0.25, 0.3) is 11.8 Å². The summed E-state index contributed by atoms with van der Waals surface area (Å²) in [4.78, 5) is 24.3. The van der Waals surface area contributed by atoms with E-state index in [0.29, 0.717) is 29.6 Å². The third-order valence-electron chi connectivity index (χ3n) is 4.35. The van der Waals surface area contributed by atoms with Crippen molar-refractivity contribution in [2.24, 2.45) is 5.92 Å². The number of carbonyl (C=O) groups is 2. The summed E-state index contributed by atoms with van der Waals surface area (Å²) in [6, 6.07) is 12.4. The summed E-state index contributed by atoms with van der Waals surface area (Å²) >= 11 is 3.44. The fraction of sp³-hybridized carbons (Fsp3) is 0.391. The molecule has 30 heavy (non-hydrogen) atoms. The van der Waals surface area contributed by atoms with Crippen LogP contribution in [0.3, 0.4) is 0 Å². The normalized spacial score (nSPS) is 10.8. The number of ether oxygens (including phenoxy) is 2. The van der Waals surface area contributed by atoms with Gasteiger partial charge in [0.05, 0.1) is 6.61 Å². The third-order valence-corrected chi connectivity index (χ3v) is 4.84. The van der Waals surface area contributed by atoms with Crippen molar-refractivity contribution in [1.82, 2.24) is 10.9 Å². The minimum Gasteiger partial charge on any atom is -0.494 e. The number of amides is 2. The zero-order valence-corrected chi connectivity index (χ0v) is 19.4. The van der Waals surface area contributed by atoms with E-state index in [1.807, 2.05) is 18.2 Å². The van der Waals surface area contributed by atoms with Crippen LogP contribution < -0.4 is 20.3 Å². The molecule has 0 saturated heterocycles. The van der Waals surface area contributed by atoms with Gasteiger partial charge in [-0.25, -0.2) is 0 Å². The fourth-order valence-corrected chi connectivity index (χ4v) is 2.97. The van der Waals surface area contributed by atoms with E-state index in [9.17, 15) is 9.59 Å². The molecule has 0 radical (unpaired) electrons. The van der Waals surface area contributed by atoms with E-state index in [1.54, 1.807) is 24.3 Å². The van der Waals surface area contributed by atoms with Gasteiger partial charge in [0.2, 0.25) is 0 Å². The smallest absolute Gasteiger partial charge is 0.276 e. The van der Waals surface area contributed by atoms with Gasteiger partial charge in [-0.2, -0.15) is 0 Å². The Labute approximate surface area is 186 Å². The van der Waals surface area contributed by atoms with Gasteiger partial charge in [0, 0.05) is 10.0 Å². The molecule has 0 aromatic heterocycles. The van der Waals surface area contributed by atoms with E-state index < -0.39 is 11.8 Å². The van der Waals surface area contributed by atoms with Crippen molar-refractivity contribution in [1.29, 1.82) is 0 Å². The molecule has 2 aromatic carbocycles. The second kappa shape index (κ2) is 11.6. The van der Waals surface area contributed by atoms with Crippen LogP contribution in [0, 0.1) is 5.92 Å². The van der Waals surface area contributed by atoms with E-state index in [1.165, 1.54) is 0 Å². The van der Waals surface area contributed by atoms with Crippen LogP contribution in [0.1, 0.15) is 56.0 Å². The molecular formula is C23H29BrN2O4. The SMILES string of the molecule is CC(C)CCOc1ccc(C(=O)NNC(=O)COc2ccc(Br)cc2C(C)C)cc1. The van der Waals surface area contributed by atoms with Gasteiger partial charge in [-0.1, -0.05) is 43.6 Å². The van der Waals surface area contributed by atoms with Crippen molar-refractivity contribution in [2.75, 3.05) is 13.2 Å². The first-order valence-corrected chi connectivity index (χ1v) is 10.8. The van der Waals surface area contributed by atoms with Gasteiger partial charge >= 0.3 is 0 Å². The minimum atomic E-state index is -0.449. The monoisotopic (exact) mass is 476 g/mol. The maximum Gasteiger partial charge on any atom is 0.276 e. The number of benzene rings is 2. The quantitative estimate of drug-likeness (QED) is 0.507. The van der Waals surface area contributed by atoms with E-state index in [-0.39, 0.29) is 12.5 Å². The summed E-state index contributed by atoms with van der Waals surface area (Å²) in [5.74, 6) is 1.31. The van der Waals surface area contributed by atoms with Gasteiger partial charge < -0.3 is 9.47 Å². The molecule has 2 amide bonds. The Morgan fingerprint density at radius 2 is 1.67 bits per heavy atom. The zero-order valence-electron chi connectivity index (χ0n) is 17.8. The Balaban J connectivity index is 1.80. The molecule has 162 valence electrons. The molecule has 6 nitrogen and oxygen atoms in total. The number of rotatable bonds is 9. The molecule has 0 heterocycles. The van der Waals surface area contributed by atoms with E-state index in [2.05, 4.69) is 54.5 Å². The third kappa shape index (κ3) is 7.71. The van der Waals surface area contributed by atoms with E-state index in [0.717, 1.165) is 16.5 Å². The summed E-state index contributed by atoms with van der Waals surface area (Å²) in [5, 5.41) is 0. The van der Waals surface area contributed by atoms with Crippen LogP contribution in [0.5, 0.6) is 11.5 Å². The van der Waals surface area contributed by atoms with Gasteiger partial charge in [0.1, 0.15) is 11.5 Å². The number of carbonyl (C=O) groups excluding carboxylic acids is 2. The first kappa shape index (κ1) is 23.7. The molecule has 7 heteroatoms. The van der Waals surface area contributed by atoms with Crippen molar-refractivity contribution < 1.29 is 19.1 Å². The Bertz CT molecular complexity index is 851. The van der Waals surface area contributed by atoms with Crippen molar-refractivity contribution in [3.05, 3.63) is 58.1 Å². The summed E-state index contributed by atoms with van der Waals surface area (Å²) < 4.78 is 12.2. The number of halogens is 1. The summed E-state index contributed by atoms with van der Waals surface area (Å²) in [7, 11) is 0. The standard InChI is InChI=1S/C23H29BrN2O4/c1-15(2)11-12-29-19-8-5-17(6-9-19)23(28)26-25-22(27)14-30-21-10-7-18(24)13-20(21)16(3)4/h5-10,13,15-16H,11-12,14H2,1-4H3,(H,25,27)(H,26,28). The molecule has 0 unspecified atom stereocenters. The maximum absolute atomic E-state index is 12.2. The lowest BCUT2D eigenvalue weighted by Gasteiger charge is -2.14. The summed E-state index contributed by atoms with van der Waals surface area (Å²) in [6.45, 7) is 8.81. The summed E-state index contributed by atoms with van der Waals surface area (Å²) in [6.07, 6.45) is 0.968. The van der Waals surface area contributed by atoms with Crippen molar-refractivity contribution >= 4 is 27.7 Å². The summed E-state index contributed by atoms with van der Waals surface area (Å²) in [5.41, 5.74) is 6.18. The highest BCUT2D eigenvalue weighted by Crippen LogP contribution is 2.29. The Morgan fingerprint density at radius 1 is 0.967 bits per heavy atom. The largest absolute Gasteiger partial charge is 0.494 e. The average Bonchev–Trinajstić information content (AvgIpc) is 2.71. The topological polar surface area (TPSA) is 76.7 Å². The lowest BCUT2D eigenvalue weighted by Crippen LogP contribution is -2.43.